The summed E-state index contributed by atoms with van der Waals surface area (Å²) in [7, 11) is 0. The van der Waals surface area contributed by atoms with Crippen molar-refractivity contribution in [1.29, 1.82) is 0 Å². The van der Waals surface area contributed by atoms with Crippen molar-refractivity contribution in [3.05, 3.63) is 69.8 Å². The quantitative estimate of drug-likeness (QED) is 0.389. The van der Waals surface area contributed by atoms with Gasteiger partial charge in [0.05, 0.1) is 5.56 Å². The Morgan fingerprint density at radius 2 is 1.48 bits per heavy atom. The molecule has 0 nitrogen and oxygen atoms in total. The number of hydrogen-bond donors (Lipinski definition) is 0. The van der Waals surface area contributed by atoms with Crippen LogP contribution in [0.3, 0.4) is 0 Å². The molecule has 1 saturated carbocycles. The summed E-state index contributed by atoms with van der Waals surface area (Å²) in [6.07, 6.45) is -3.27. The lowest BCUT2D eigenvalue weighted by atomic mass is 9.99. The van der Waals surface area contributed by atoms with E-state index in [2.05, 4.69) is 0 Å². The number of rotatable bonds is 5. The van der Waals surface area contributed by atoms with Gasteiger partial charge in [-0.1, -0.05) is 19.3 Å². The zero-order valence-corrected chi connectivity index (χ0v) is 15.4. The molecule has 2 aromatic carbocycles. The van der Waals surface area contributed by atoms with E-state index in [9.17, 15) is 30.7 Å². The molecule has 0 amide bonds. The average Bonchev–Trinajstić information content (AvgIpc) is 3.39. The number of hydrogen-bond acceptors (Lipinski definition) is 0. The third-order valence-electron chi connectivity index (χ3n) is 5.13. The first-order valence-electron chi connectivity index (χ1n) is 9.14. The van der Waals surface area contributed by atoms with Gasteiger partial charge in [0.2, 0.25) is 0 Å². The summed E-state index contributed by atoms with van der Waals surface area (Å²) in [6.45, 7) is 2.02. The van der Waals surface area contributed by atoms with Crippen LogP contribution in [0.5, 0.6) is 0 Å². The Balaban J connectivity index is 1.75. The monoisotopic (exact) mass is 414 g/mol. The van der Waals surface area contributed by atoms with Gasteiger partial charge in [0, 0.05) is 11.5 Å². The van der Waals surface area contributed by atoms with Crippen molar-refractivity contribution in [3.8, 4) is 11.8 Å². The van der Waals surface area contributed by atoms with Crippen LogP contribution in [0.15, 0.2) is 24.3 Å². The van der Waals surface area contributed by atoms with Crippen LogP contribution in [0.2, 0.25) is 0 Å². The Morgan fingerprint density at radius 1 is 0.897 bits per heavy atom. The van der Waals surface area contributed by atoms with Crippen molar-refractivity contribution in [1.82, 2.24) is 0 Å². The number of halogens is 7. The number of alkyl halides is 3. The Morgan fingerprint density at radius 3 is 1.97 bits per heavy atom. The summed E-state index contributed by atoms with van der Waals surface area (Å²) in [5, 5.41) is 0. The first kappa shape index (κ1) is 21.2. The molecule has 0 N–H and O–H groups in total. The van der Waals surface area contributed by atoms with Crippen molar-refractivity contribution >= 4 is 0 Å². The molecule has 1 aliphatic rings. The molecule has 0 heterocycles. The maximum atomic E-state index is 14.4. The highest BCUT2D eigenvalue weighted by atomic mass is 19.4. The van der Waals surface area contributed by atoms with Crippen LogP contribution >= 0.6 is 0 Å². The van der Waals surface area contributed by atoms with Crippen molar-refractivity contribution in [2.75, 3.05) is 0 Å². The molecular weight excluding hydrogens is 397 g/mol. The van der Waals surface area contributed by atoms with Crippen LogP contribution in [-0.2, 0) is 12.8 Å². The molecule has 0 saturated heterocycles. The van der Waals surface area contributed by atoms with E-state index < -0.39 is 35.0 Å². The van der Waals surface area contributed by atoms with Crippen LogP contribution in [-0.4, -0.2) is 6.18 Å². The molecule has 0 spiro atoms. The van der Waals surface area contributed by atoms with Gasteiger partial charge in [0.1, 0.15) is 23.3 Å². The molecule has 154 valence electrons. The summed E-state index contributed by atoms with van der Waals surface area (Å²) in [5.74, 6) is -1.11. The molecular formula is C22H17F7. The summed E-state index contributed by atoms with van der Waals surface area (Å²) in [4.78, 5) is 0. The molecule has 1 fully saturated rings. The molecule has 2 unspecified atom stereocenters. The molecule has 2 aromatic rings. The van der Waals surface area contributed by atoms with Gasteiger partial charge in [-0.2, -0.15) is 13.2 Å². The fourth-order valence-electron chi connectivity index (χ4n) is 3.47. The lowest BCUT2D eigenvalue weighted by Crippen LogP contribution is -2.04. The van der Waals surface area contributed by atoms with Crippen LogP contribution in [0.4, 0.5) is 30.7 Å². The second kappa shape index (κ2) is 8.10. The summed E-state index contributed by atoms with van der Waals surface area (Å²) in [6, 6.07) is 4.25. The molecule has 2 atom stereocenters. The Kier molecular flexibility index (Phi) is 5.92. The van der Waals surface area contributed by atoms with Gasteiger partial charge in [-0.15, -0.1) is 0 Å². The van der Waals surface area contributed by atoms with Crippen LogP contribution < -0.4 is 0 Å². The van der Waals surface area contributed by atoms with E-state index >= 15 is 0 Å². The van der Waals surface area contributed by atoms with E-state index in [0.29, 0.717) is 11.5 Å². The van der Waals surface area contributed by atoms with E-state index in [4.69, 9.17) is 0 Å². The second-order valence-electron chi connectivity index (χ2n) is 7.16. The molecule has 3 rings (SSSR count). The third-order valence-corrected chi connectivity index (χ3v) is 5.13. The van der Waals surface area contributed by atoms with Gasteiger partial charge in [0.25, 0.3) is 0 Å². The lowest BCUT2D eigenvalue weighted by Gasteiger charge is -2.09. The van der Waals surface area contributed by atoms with Gasteiger partial charge in [-0.05, 0) is 66.5 Å². The Bertz CT molecular complexity index is 933. The summed E-state index contributed by atoms with van der Waals surface area (Å²) >= 11 is 0. The first-order valence-corrected chi connectivity index (χ1v) is 9.14. The maximum absolute atomic E-state index is 14.4. The highest BCUT2D eigenvalue weighted by Gasteiger charge is 2.37. The SMILES string of the molecule is CCC1CC1c1cc(F)c(CCc2cc(F)c(C#CC(F)(F)F)c(F)c2)c(F)c1. The minimum Gasteiger partial charge on any atom is -0.207 e. The Hall–Kier alpha value is -2.49. The zero-order valence-electron chi connectivity index (χ0n) is 15.4. The predicted molar refractivity (Wildman–Crippen MR) is 94.2 cm³/mol. The third kappa shape index (κ3) is 5.11. The maximum Gasteiger partial charge on any atom is 0.458 e. The summed E-state index contributed by atoms with van der Waals surface area (Å²) in [5.41, 5.74) is -0.513. The van der Waals surface area contributed by atoms with Crippen molar-refractivity contribution in [2.45, 2.75) is 44.7 Å². The van der Waals surface area contributed by atoms with E-state index in [1.807, 2.05) is 6.92 Å². The molecule has 29 heavy (non-hydrogen) atoms. The number of aryl methyl sites for hydroxylation is 1. The van der Waals surface area contributed by atoms with Crippen molar-refractivity contribution < 1.29 is 30.7 Å². The smallest absolute Gasteiger partial charge is 0.207 e. The Labute approximate surface area is 163 Å². The fourth-order valence-corrected chi connectivity index (χ4v) is 3.47. The minimum atomic E-state index is -4.88. The zero-order chi connectivity index (χ0) is 21.3. The van der Waals surface area contributed by atoms with Crippen LogP contribution in [0, 0.1) is 41.0 Å². The largest absolute Gasteiger partial charge is 0.458 e. The molecule has 0 radical (unpaired) electrons. The topological polar surface area (TPSA) is 0 Å². The fraction of sp³-hybridized carbons (Fsp3) is 0.364. The lowest BCUT2D eigenvalue weighted by molar-refractivity contribution is -0.0696. The second-order valence-corrected chi connectivity index (χ2v) is 7.16. The van der Waals surface area contributed by atoms with Crippen LogP contribution in [0.25, 0.3) is 0 Å². The number of benzene rings is 2. The summed E-state index contributed by atoms with van der Waals surface area (Å²) < 4.78 is 92.9. The molecule has 0 bridgehead atoms. The normalized spacial score (nSPS) is 18.3. The molecule has 0 aromatic heterocycles. The molecule has 1 aliphatic carbocycles. The van der Waals surface area contributed by atoms with E-state index in [1.165, 1.54) is 18.1 Å². The highest BCUT2D eigenvalue weighted by Crippen LogP contribution is 2.49. The highest BCUT2D eigenvalue weighted by molar-refractivity contribution is 5.40. The minimum absolute atomic E-state index is 0.0636. The van der Waals surface area contributed by atoms with Gasteiger partial charge >= 0.3 is 6.18 Å². The van der Waals surface area contributed by atoms with E-state index in [-0.39, 0.29) is 29.9 Å². The van der Waals surface area contributed by atoms with Gasteiger partial charge in [-0.25, -0.2) is 17.6 Å². The van der Waals surface area contributed by atoms with Gasteiger partial charge in [-0.3, -0.25) is 0 Å². The van der Waals surface area contributed by atoms with Crippen molar-refractivity contribution in [2.24, 2.45) is 5.92 Å². The first-order chi connectivity index (χ1) is 13.6. The van der Waals surface area contributed by atoms with Gasteiger partial charge in [0.15, 0.2) is 0 Å². The van der Waals surface area contributed by atoms with E-state index in [0.717, 1.165) is 30.9 Å². The van der Waals surface area contributed by atoms with Crippen LogP contribution in [0.1, 0.15) is 47.9 Å². The molecule has 0 aliphatic heterocycles. The standard InChI is InChI=1S/C22H17F7/c1-2-13-9-17(13)14-10-20(25)15(21(26)11-14)4-3-12-7-18(23)16(19(24)8-12)5-6-22(27,28)29/h7-8,10-11,13,17H,2-4,9H2,1H3. The van der Waals surface area contributed by atoms with Gasteiger partial charge < -0.3 is 0 Å². The van der Waals surface area contributed by atoms with Crippen molar-refractivity contribution in [3.63, 3.8) is 0 Å². The molecule has 7 heteroatoms. The predicted octanol–water partition coefficient (Wildman–Crippen LogP) is 6.46. The average molecular weight is 414 g/mol. The van der Waals surface area contributed by atoms with E-state index in [1.54, 1.807) is 0 Å².